The fourth-order valence-electron chi connectivity index (χ4n) is 17.4. The molecule has 1 unspecified atom stereocenters. The molecule has 5 aliphatic heterocycles. The lowest BCUT2D eigenvalue weighted by molar-refractivity contribution is -0.144. The Labute approximate surface area is 658 Å². The molecular formula is C82H103ClF3N11O9S4. The number of rotatable bonds is 24. The number of piperazine rings is 2. The number of fused-ring (bicyclic) bond motifs is 3. The van der Waals surface area contributed by atoms with Gasteiger partial charge in [0.1, 0.15) is 17.0 Å². The molecule has 20 nitrogen and oxygen atoms in total. The van der Waals surface area contributed by atoms with Crippen molar-refractivity contribution in [2.75, 3.05) is 101 Å². The highest BCUT2D eigenvalue weighted by Crippen LogP contribution is 2.51. The fourth-order valence-corrected chi connectivity index (χ4v) is 21.4. The third kappa shape index (κ3) is 18.8. The van der Waals surface area contributed by atoms with Crippen LogP contribution in [0.2, 0.25) is 5.02 Å². The molecule has 1 saturated carbocycles. The van der Waals surface area contributed by atoms with Crippen LogP contribution >= 0.6 is 34.7 Å². The second kappa shape index (κ2) is 33.3. The Balaban J connectivity index is 0.585. The molecule has 6 heterocycles. The Hall–Kier alpha value is -6.92. The molecule has 7 aliphatic rings. The number of hydrogen-bond donors (Lipinski definition) is 5. The van der Waals surface area contributed by atoms with Gasteiger partial charge in [-0.2, -0.15) is 13.2 Å². The van der Waals surface area contributed by atoms with Gasteiger partial charge in [-0.25, -0.2) is 26.5 Å². The number of aromatic nitrogens is 1. The molecule has 0 radical (unpaired) electrons. The molecule has 1 aromatic heterocycles. The Morgan fingerprint density at radius 2 is 1.48 bits per heavy atom. The topological polar surface area (TPSA) is 237 Å². The van der Waals surface area contributed by atoms with Gasteiger partial charge in [0, 0.05) is 117 Å². The fraction of sp³-hybridized carbons (Fsp3) is 0.524. The first-order valence-electron chi connectivity index (χ1n) is 38.5. The van der Waals surface area contributed by atoms with Crippen molar-refractivity contribution >= 4 is 95.1 Å². The number of aryl methyl sites for hydroxylation is 2. The van der Waals surface area contributed by atoms with Crippen molar-refractivity contribution in [1.29, 1.82) is 0 Å². The number of anilines is 2. The number of thiazole rings is 1. The summed E-state index contributed by atoms with van der Waals surface area (Å²) in [5, 5.41) is 20.8. The van der Waals surface area contributed by atoms with Gasteiger partial charge in [-0.15, -0.1) is 23.1 Å². The van der Waals surface area contributed by atoms with E-state index in [0.717, 1.165) is 167 Å². The molecule has 592 valence electrons. The smallest absolute Gasteiger partial charge is 0.391 e. The van der Waals surface area contributed by atoms with Gasteiger partial charge in [0.15, 0.2) is 0 Å². The maximum atomic E-state index is 14.7. The lowest BCUT2D eigenvalue weighted by Crippen LogP contribution is -2.60. The number of hydrogen-bond acceptors (Lipinski definition) is 18. The van der Waals surface area contributed by atoms with E-state index in [9.17, 15) is 54.3 Å². The van der Waals surface area contributed by atoms with E-state index in [0.29, 0.717) is 42.3 Å². The maximum Gasteiger partial charge on any atom is 0.501 e. The van der Waals surface area contributed by atoms with Crippen molar-refractivity contribution in [3.8, 4) is 10.4 Å². The molecule has 0 bridgehead atoms. The van der Waals surface area contributed by atoms with E-state index in [1.165, 1.54) is 33.4 Å². The van der Waals surface area contributed by atoms with Crippen molar-refractivity contribution < 1.29 is 54.3 Å². The number of halogens is 4. The van der Waals surface area contributed by atoms with Gasteiger partial charge < -0.3 is 35.8 Å². The average molecular weight is 1610 g/mol. The second-order valence-corrected chi connectivity index (χ2v) is 39.3. The number of amides is 4. The van der Waals surface area contributed by atoms with Crippen LogP contribution < -0.4 is 25.6 Å². The number of sulfone groups is 1. The van der Waals surface area contributed by atoms with Crippen molar-refractivity contribution in [3.63, 3.8) is 0 Å². The summed E-state index contributed by atoms with van der Waals surface area (Å²) in [4.78, 5) is 73.7. The van der Waals surface area contributed by atoms with Gasteiger partial charge >= 0.3 is 5.51 Å². The van der Waals surface area contributed by atoms with Crippen LogP contribution in [0.25, 0.3) is 16.0 Å². The van der Waals surface area contributed by atoms with Gasteiger partial charge in [-0.05, 0) is 196 Å². The number of nitrogens with zero attached hydrogens (tertiary/aromatic N) is 7. The average Bonchev–Trinajstić information content (AvgIpc) is 0.995. The number of β-amino-alcohol motifs (C(OH)–C–C–N with tert-alkyl or cyclic N) is 1. The Morgan fingerprint density at radius 3 is 2.16 bits per heavy atom. The molecule has 4 amide bonds. The minimum Gasteiger partial charge on any atom is -0.391 e. The standard InChI is InChI=1S/C82H103ClF3N11O9S4/c1-53(55-13-15-57(16-14-55)74-54(2)87-52-108-74)88-77(101)71-42-65(98)49-97(71)78(102)75(79(3,4)5)90-73(99)50-93-33-30-81(31-34-93)45-64(46-81)95-38-35-92(36-39-95)32-28-62(51-107-66-11-9-8-10-12-66)89-69-25-24-67(43-72(69)109(103,104)82(84,85)86)110(105,106)91-76(100)59-20-26-70-58(41-59)19-23-63-48-94(37-40-96(63)70)47-60-44-80(6,7)29-27-68(60)56-17-21-61(83)22-18-56/h8-18,20-22,24-26,41,43,52-53,62-65,71,75,89,98H,19,23,27-40,42,44-51H2,1-7H3,(H,88,101)(H,90,99)(H,91,100)/t53-,62+,63?,65+,71-,75+/m0/s1. The molecule has 5 fully saturated rings. The number of alkyl halides is 3. The van der Waals surface area contributed by atoms with Crippen LogP contribution in [-0.2, 0) is 40.7 Å². The van der Waals surface area contributed by atoms with E-state index >= 15 is 0 Å². The molecule has 2 aliphatic carbocycles. The third-order valence-electron chi connectivity index (χ3n) is 23.8. The Bertz CT molecular complexity index is 4600. The lowest BCUT2D eigenvalue weighted by Gasteiger charge is -2.56. The first kappa shape index (κ1) is 81.1. The first-order chi connectivity index (χ1) is 52.2. The summed E-state index contributed by atoms with van der Waals surface area (Å²) in [5.41, 5.74) is 4.04. The number of likely N-dealkylation sites (tertiary alicyclic amines) is 2. The van der Waals surface area contributed by atoms with Crippen LogP contribution in [0.15, 0.2) is 141 Å². The minimum atomic E-state index is -6.15. The number of carbonyl (C=O) groups excluding carboxylic acids is 4. The number of aliphatic hydroxyl groups excluding tert-OH is 1. The highest BCUT2D eigenvalue weighted by molar-refractivity contribution is 7.99. The number of allylic oxidation sites excluding steroid dienone is 1. The van der Waals surface area contributed by atoms with E-state index in [2.05, 4.69) is 71.4 Å². The third-order valence-corrected chi connectivity index (χ3v) is 29.0. The van der Waals surface area contributed by atoms with Gasteiger partial charge in [0.2, 0.25) is 17.7 Å². The van der Waals surface area contributed by atoms with E-state index < -0.39 is 82.3 Å². The molecule has 1 spiro atoms. The number of carbonyl (C=O) groups is 4. The zero-order chi connectivity index (χ0) is 78.2. The van der Waals surface area contributed by atoms with Gasteiger partial charge in [-0.1, -0.05) is 106 Å². The largest absolute Gasteiger partial charge is 0.501 e. The summed E-state index contributed by atoms with van der Waals surface area (Å²) in [6, 6.07) is 30.8. The van der Waals surface area contributed by atoms with Gasteiger partial charge in [0.25, 0.3) is 25.8 Å². The van der Waals surface area contributed by atoms with E-state index in [-0.39, 0.29) is 59.8 Å². The zero-order valence-corrected chi connectivity index (χ0v) is 67.8. The van der Waals surface area contributed by atoms with Crippen LogP contribution in [0.3, 0.4) is 0 Å². The number of nitrogens with one attached hydrogen (secondary N) is 4. The van der Waals surface area contributed by atoms with Gasteiger partial charge in [-0.3, -0.25) is 33.9 Å². The summed E-state index contributed by atoms with van der Waals surface area (Å²) >= 11 is 9.29. The number of thioether (sulfide) groups is 1. The molecule has 5 aromatic carbocycles. The summed E-state index contributed by atoms with van der Waals surface area (Å²) in [6.07, 6.45) is 8.06. The first-order valence-corrected chi connectivity index (χ1v) is 43.7. The van der Waals surface area contributed by atoms with Crippen LogP contribution in [0.5, 0.6) is 0 Å². The Morgan fingerprint density at radius 1 is 0.782 bits per heavy atom. The van der Waals surface area contributed by atoms with E-state index in [4.69, 9.17) is 11.6 Å². The number of aliphatic hydroxyl groups is 1. The molecular weight excluding hydrogens is 1500 g/mol. The normalized spacial score (nSPS) is 21.8. The summed E-state index contributed by atoms with van der Waals surface area (Å²) in [5.74, 6) is -1.75. The summed E-state index contributed by atoms with van der Waals surface area (Å²) in [6.45, 7) is 22.6. The maximum absolute atomic E-state index is 14.7. The molecule has 6 aromatic rings. The number of piperidine rings is 1. The summed E-state index contributed by atoms with van der Waals surface area (Å²) in [7, 11) is -11.1. The Kier molecular flexibility index (Phi) is 24.5. The zero-order valence-electron chi connectivity index (χ0n) is 63.8. The van der Waals surface area contributed by atoms with Crippen LogP contribution in [0.1, 0.15) is 145 Å². The SMILES string of the molecule is Cc1ncsc1-c1ccc([C@H](C)NC(=O)[C@@H]2C[C@@H](O)CN2C(=O)[C@@H](NC(=O)CN2CCC3(CC2)CC(N2CCN(CC[C@H](CSc4ccccc4)Nc4ccc(S(=O)(=O)NC(=O)c5ccc6c(c5)CCC5CN(CC7=C(c8ccc(Cl)cc8)CCC(C)(C)C7)CCN65)cc4S(=O)(=O)C(F)(F)F)CC2)C3)C(C)(C)C)cc1. The quantitative estimate of drug-likeness (QED) is 0.0354. The highest BCUT2D eigenvalue weighted by Gasteiger charge is 2.51. The van der Waals surface area contributed by atoms with Crippen molar-refractivity contribution in [1.82, 2.24) is 44.8 Å². The molecule has 5 N–H and O–H groups in total. The molecule has 6 atom stereocenters. The molecule has 13 rings (SSSR count). The molecule has 4 saturated heterocycles. The number of benzene rings is 5. The van der Waals surface area contributed by atoms with Crippen LogP contribution in [-0.4, -0.2) is 208 Å². The van der Waals surface area contributed by atoms with E-state index in [1.807, 2.05) is 118 Å². The molecule has 28 heteroatoms. The highest BCUT2D eigenvalue weighted by atomic mass is 35.5. The monoisotopic (exact) mass is 1610 g/mol. The minimum absolute atomic E-state index is 0.0271. The summed E-state index contributed by atoms with van der Waals surface area (Å²) < 4.78 is 102. The van der Waals surface area contributed by atoms with Gasteiger partial charge in [0.05, 0.1) is 45.4 Å². The van der Waals surface area contributed by atoms with E-state index in [1.54, 1.807) is 23.5 Å². The van der Waals surface area contributed by atoms with Crippen LogP contribution in [0, 0.1) is 23.2 Å². The van der Waals surface area contributed by atoms with Crippen LogP contribution in [0.4, 0.5) is 24.5 Å². The van der Waals surface area contributed by atoms with Crippen molar-refractivity contribution in [3.05, 3.63) is 159 Å². The number of sulfonamides is 1. The van der Waals surface area contributed by atoms with Crippen molar-refractivity contribution in [2.24, 2.45) is 16.2 Å². The predicted octanol–water partition coefficient (Wildman–Crippen LogP) is 12.5. The molecule has 110 heavy (non-hydrogen) atoms. The van der Waals surface area contributed by atoms with Crippen molar-refractivity contribution in [2.45, 2.75) is 182 Å². The lowest BCUT2D eigenvalue weighted by atomic mass is 9.60. The second-order valence-electron chi connectivity index (χ2n) is 33.3. The predicted molar refractivity (Wildman–Crippen MR) is 427 cm³/mol.